The Morgan fingerprint density at radius 2 is 1.88 bits per heavy atom. The van der Waals surface area contributed by atoms with Gasteiger partial charge in [-0.05, 0) is 24.6 Å². The fourth-order valence-electron chi connectivity index (χ4n) is 1.66. The van der Waals surface area contributed by atoms with Crippen molar-refractivity contribution in [2.45, 2.75) is 13.5 Å². The van der Waals surface area contributed by atoms with E-state index in [0.29, 0.717) is 0 Å². The lowest BCUT2D eigenvalue weighted by molar-refractivity contribution is 0.102. The largest absolute Gasteiger partial charge is 0.362 e. The summed E-state index contributed by atoms with van der Waals surface area (Å²) in [5, 5.41) is 1.12. The molecule has 1 heterocycles. The Balaban J connectivity index is 2.09. The molecule has 1 aromatic carbocycles. The Labute approximate surface area is 106 Å². The van der Waals surface area contributed by atoms with Crippen molar-refractivity contribution in [1.29, 1.82) is 0 Å². The average molecular weight is 245 g/mol. The summed E-state index contributed by atoms with van der Waals surface area (Å²) in [5.41, 5.74) is 1.27. The molecule has 0 amide bonds. The standard InChI is InChI=1S/C14H15NOS/c1-11(16)13-8-9-14(17-13)15(2)10-12-6-4-3-5-7-12/h3-9H,10H2,1-2H3. The van der Waals surface area contributed by atoms with Gasteiger partial charge >= 0.3 is 0 Å². The van der Waals surface area contributed by atoms with Crippen molar-refractivity contribution >= 4 is 22.1 Å². The van der Waals surface area contributed by atoms with Crippen LogP contribution in [0, 0.1) is 0 Å². The molecule has 0 spiro atoms. The summed E-state index contributed by atoms with van der Waals surface area (Å²) in [7, 11) is 2.04. The summed E-state index contributed by atoms with van der Waals surface area (Å²) in [4.78, 5) is 14.2. The van der Waals surface area contributed by atoms with E-state index in [2.05, 4.69) is 17.0 Å². The van der Waals surface area contributed by atoms with Gasteiger partial charge in [0.05, 0.1) is 9.88 Å². The molecule has 0 saturated heterocycles. The summed E-state index contributed by atoms with van der Waals surface area (Å²) in [6.45, 7) is 2.46. The van der Waals surface area contributed by atoms with Gasteiger partial charge in [0, 0.05) is 13.6 Å². The van der Waals surface area contributed by atoms with Crippen molar-refractivity contribution < 1.29 is 4.79 Å². The van der Waals surface area contributed by atoms with E-state index in [0.717, 1.165) is 16.4 Å². The van der Waals surface area contributed by atoms with Crippen LogP contribution in [0.1, 0.15) is 22.2 Å². The highest BCUT2D eigenvalue weighted by atomic mass is 32.1. The van der Waals surface area contributed by atoms with E-state index in [-0.39, 0.29) is 5.78 Å². The van der Waals surface area contributed by atoms with Crippen LogP contribution in [0.3, 0.4) is 0 Å². The van der Waals surface area contributed by atoms with Crippen molar-refractivity contribution in [1.82, 2.24) is 0 Å². The van der Waals surface area contributed by atoms with E-state index in [1.165, 1.54) is 5.56 Å². The molecule has 17 heavy (non-hydrogen) atoms. The van der Waals surface area contributed by atoms with Crippen molar-refractivity contribution in [3.05, 3.63) is 52.9 Å². The number of nitrogens with zero attached hydrogens (tertiary/aromatic N) is 1. The fraction of sp³-hybridized carbons (Fsp3) is 0.214. The van der Waals surface area contributed by atoms with E-state index < -0.39 is 0 Å². The zero-order valence-corrected chi connectivity index (χ0v) is 10.8. The number of hydrogen-bond acceptors (Lipinski definition) is 3. The van der Waals surface area contributed by atoms with Gasteiger partial charge in [0.25, 0.3) is 0 Å². The molecule has 2 nitrogen and oxygen atoms in total. The molecule has 2 aromatic rings. The zero-order chi connectivity index (χ0) is 12.3. The summed E-state index contributed by atoms with van der Waals surface area (Å²) >= 11 is 1.54. The number of hydrogen-bond donors (Lipinski definition) is 0. The molecule has 0 radical (unpaired) electrons. The number of rotatable bonds is 4. The highest BCUT2D eigenvalue weighted by Gasteiger charge is 2.08. The first-order valence-electron chi connectivity index (χ1n) is 5.52. The van der Waals surface area contributed by atoms with E-state index in [9.17, 15) is 4.79 Å². The smallest absolute Gasteiger partial charge is 0.169 e. The van der Waals surface area contributed by atoms with Gasteiger partial charge in [-0.25, -0.2) is 0 Å². The molecule has 0 aliphatic rings. The second-order valence-corrected chi connectivity index (χ2v) is 5.10. The number of carbonyl (C=O) groups excluding carboxylic acids is 1. The molecule has 0 aliphatic heterocycles. The molecule has 1 aromatic heterocycles. The topological polar surface area (TPSA) is 20.3 Å². The van der Waals surface area contributed by atoms with Gasteiger partial charge in [0.1, 0.15) is 0 Å². The third kappa shape index (κ3) is 2.94. The monoisotopic (exact) mass is 245 g/mol. The molecule has 0 N–H and O–H groups in total. The molecule has 0 unspecified atom stereocenters. The Bertz CT molecular complexity index is 504. The molecule has 0 atom stereocenters. The maximum Gasteiger partial charge on any atom is 0.169 e. The van der Waals surface area contributed by atoms with Gasteiger partial charge in [-0.1, -0.05) is 30.3 Å². The van der Waals surface area contributed by atoms with Crippen molar-refractivity contribution in [2.24, 2.45) is 0 Å². The average Bonchev–Trinajstić information content (AvgIpc) is 2.79. The van der Waals surface area contributed by atoms with Crippen LogP contribution in [0.25, 0.3) is 0 Å². The molecular weight excluding hydrogens is 230 g/mol. The normalized spacial score (nSPS) is 10.2. The minimum Gasteiger partial charge on any atom is -0.362 e. The van der Waals surface area contributed by atoms with Gasteiger partial charge in [-0.3, -0.25) is 4.79 Å². The number of carbonyl (C=O) groups is 1. The van der Waals surface area contributed by atoms with Crippen LogP contribution >= 0.6 is 11.3 Å². The third-order valence-electron chi connectivity index (χ3n) is 2.58. The molecule has 0 fully saturated rings. The highest BCUT2D eigenvalue weighted by Crippen LogP contribution is 2.26. The first kappa shape index (κ1) is 11.9. The van der Waals surface area contributed by atoms with Gasteiger partial charge < -0.3 is 4.90 Å². The van der Waals surface area contributed by atoms with Gasteiger partial charge in [0.15, 0.2) is 5.78 Å². The molecule has 0 bridgehead atoms. The molecule has 3 heteroatoms. The second-order valence-electron chi connectivity index (χ2n) is 4.04. The van der Waals surface area contributed by atoms with Crippen LogP contribution < -0.4 is 4.90 Å². The first-order valence-corrected chi connectivity index (χ1v) is 6.34. The molecule has 88 valence electrons. The third-order valence-corrected chi connectivity index (χ3v) is 3.88. The van der Waals surface area contributed by atoms with Crippen molar-refractivity contribution in [3.8, 4) is 0 Å². The lowest BCUT2D eigenvalue weighted by Gasteiger charge is -2.16. The number of ketones is 1. The van der Waals surface area contributed by atoms with Crippen LogP contribution in [0.5, 0.6) is 0 Å². The van der Waals surface area contributed by atoms with E-state index >= 15 is 0 Å². The molecular formula is C14H15NOS. The Kier molecular flexibility index (Phi) is 3.59. The van der Waals surface area contributed by atoms with Gasteiger partial charge in [-0.15, -0.1) is 11.3 Å². The minimum absolute atomic E-state index is 0.134. The maximum atomic E-state index is 11.2. The van der Waals surface area contributed by atoms with Gasteiger partial charge in [0.2, 0.25) is 0 Å². The number of anilines is 1. The Hall–Kier alpha value is -1.61. The lowest BCUT2D eigenvalue weighted by Crippen LogP contribution is -2.14. The van der Waals surface area contributed by atoms with E-state index in [4.69, 9.17) is 0 Å². The SMILES string of the molecule is CC(=O)c1ccc(N(C)Cc2ccccc2)s1. The highest BCUT2D eigenvalue weighted by molar-refractivity contribution is 7.17. The molecule has 0 saturated carbocycles. The Morgan fingerprint density at radius 3 is 2.47 bits per heavy atom. The lowest BCUT2D eigenvalue weighted by atomic mass is 10.2. The van der Waals surface area contributed by atoms with E-state index in [1.807, 2.05) is 37.4 Å². The van der Waals surface area contributed by atoms with Crippen molar-refractivity contribution in [2.75, 3.05) is 11.9 Å². The first-order chi connectivity index (χ1) is 8.16. The minimum atomic E-state index is 0.134. The van der Waals surface area contributed by atoms with Crippen LogP contribution in [0.15, 0.2) is 42.5 Å². The zero-order valence-electron chi connectivity index (χ0n) is 10.0. The second kappa shape index (κ2) is 5.15. The predicted octanol–water partition coefficient (Wildman–Crippen LogP) is 3.59. The quantitative estimate of drug-likeness (QED) is 0.767. The number of Topliss-reactive ketones (excluding diaryl/α,β-unsaturated/α-hetero) is 1. The van der Waals surface area contributed by atoms with Crippen LogP contribution in [-0.4, -0.2) is 12.8 Å². The van der Waals surface area contributed by atoms with Crippen molar-refractivity contribution in [3.63, 3.8) is 0 Å². The summed E-state index contributed by atoms with van der Waals surface area (Å²) in [6, 6.07) is 14.2. The summed E-state index contributed by atoms with van der Waals surface area (Å²) in [6.07, 6.45) is 0. The Morgan fingerprint density at radius 1 is 1.18 bits per heavy atom. The fourth-order valence-corrected chi connectivity index (χ4v) is 2.52. The van der Waals surface area contributed by atoms with Gasteiger partial charge in [-0.2, -0.15) is 0 Å². The van der Waals surface area contributed by atoms with Crippen LogP contribution in [0.2, 0.25) is 0 Å². The molecule has 0 aliphatic carbocycles. The summed E-state index contributed by atoms with van der Waals surface area (Å²) < 4.78 is 0. The predicted molar refractivity (Wildman–Crippen MR) is 72.9 cm³/mol. The van der Waals surface area contributed by atoms with E-state index in [1.54, 1.807) is 18.3 Å². The maximum absolute atomic E-state index is 11.2. The number of benzene rings is 1. The van der Waals surface area contributed by atoms with Crippen LogP contribution in [-0.2, 0) is 6.54 Å². The molecule has 2 rings (SSSR count). The van der Waals surface area contributed by atoms with Crippen LogP contribution in [0.4, 0.5) is 5.00 Å². The summed E-state index contributed by atoms with van der Waals surface area (Å²) in [5.74, 6) is 0.134. The number of thiophene rings is 1.